The number of hydrogen-bond acceptors (Lipinski definition) is 4. The van der Waals surface area contributed by atoms with Gasteiger partial charge in [-0.25, -0.2) is 0 Å². The van der Waals surface area contributed by atoms with Gasteiger partial charge in [-0.2, -0.15) is 0 Å². The van der Waals surface area contributed by atoms with Crippen LogP contribution < -0.4 is 5.32 Å². The molecule has 2 atom stereocenters. The second kappa shape index (κ2) is 5.66. The van der Waals surface area contributed by atoms with E-state index in [4.69, 9.17) is 9.47 Å². The summed E-state index contributed by atoms with van der Waals surface area (Å²) in [6.07, 6.45) is 1.06. The third kappa shape index (κ3) is 3.20. The Labute approximate surface area is 86.6 Å². The van der Waals surface area contributed by atoms with Crippen LogP contribution in [-0.2, 0) is 9.47 Å². The Morgan fingerprint density at radius 1 is 1.36 bits per heavy atom. The van der Waals surface area contributed by atoms with Gasteiger partial charge in [-0.05, 0) is 26.9 Å². The second-order valence-corrected chi connectivity index (χ2v) is 4.04. The standard InChI is InChI=1S/C10H22N2O2/c1-8(10(13-3)14-4)11-9-5-6-12(2)7-9/h8-11H,5-7H2,1-4H3. The highest BCUT2D eigenvalue weighted by Gasteiger charge is 2.24. The van der Waals surface area contributed by atoms with Crippen molar-refractivity contribution < 1.29 is 9.47 Å². The second-order valence-electron chi connectivity index (χ2n) is 4.04. The van der Waals surface area contributed by atoms with Gasteiger partial charge in [0.25, 0.3) is 0 Å². The molecule has 1 aliphatic heterocycles. The lowest BCUT2D eigenvalue weighted by molar-refractivity contribution is -0.120. The first kappa shape index (κ1) is 11.9. The maximum atomic E-state index is 5.20. The van der Waals surface area contributed by atoms with Crippen LogP contribution in [-0.4, -0.2) is 57.6 Å². The van der Waals surface area contributed by atoms with E-state index in [0.29, 0.717) is 6.04 Å². The Balaban J connectivity index is 2.28. The van der Waals surface area contributed by atoms with Gasteiger partial charge in [0.2, 0.25) is 0 Å². The molecule has 1 rings (SSSR count). The molecule has 1 heterocycles. The maximum absolute atomic E-state index is 5.20. The molecule has 0 spiro atoms. The monoisotopic (exact) mass is 202 g/mol. The van der Waals surface area contributed by atoms with Crippen molar-refractivity contribution in [3.8, 4) is 0 Å². The van der Waals surface area contributed by atoms with E-state index in [9.17, 15) is 0 Å². The Morgan fingerprint density at radius 3 is 2.43 bits per heavy atom. The highest BCUT2D eigenvalue weighted by Crippen LogP contribution is 2.09. The van der Waals surface area contributed by atoms with E-state index in [1.807, 2.05) is 0 Å². The average Bonchev–Trinajstić information content (AvgIpc) is 2.53. The fourth-order valence-corrected chi connectivity index (χ4v) is 2.03. The van der Waals surface area contributed by atoms with E-state index in [0.717, 1.165) is 6.54 Å². The molecule has 1 saturated heterocycles. The van der Waals surface area contributed by atoms with Gasteiger partial charge in [0.15, 0.2) is 6.29 Å². The number of likely N-dealkylation sites (tertiary alicyclic amines) is 1. The van der Waals surface area contributed by atoms with Crippen molar-refractivity contribution >= 4 is 0 Å². The molecule has 1 aliphatic rings. The zero-order chi connectivity index (χ0) is 10.6. The quantitative estimate of drug-likeness (QED) is 0.650. The first-order chi connectivity index (χ1) is 6.67. The van der Waals surface area contributed by atoms with Gasteiger partial charge in [0, 0.05) is 26.8 Å². The summed E-state index contributed by atoms with van der Waals surface area (Å²) < 4.78 is 10.4. The van der Waals surface area contributed by atoms with E-state index in [-0.39, 0.29) is 12.3 Å². The molecule has 0 amide bonds. The lowest BCUT2D eigenvalue weighted by atomic mass is 10.2. The van der Waals surface area contributed by atoms with Crippen molar-refractivity contribution in [3.05, 3.63) is 0 Å². The first-order valence-electron chi connectivity index (χ1n) is 5.17. The number of nitrogens with one attached hydrogen (secondary N) is 1. The van der Waals surface area contributed by atoms with Crippen molar-refractivity contribution in [2.45, 2.75) is 31.7 Å². The number of likely N-dealkylation sites (N-methyl/N-ethyl adjacent to an activating group) is 1. The molecule has 0 aromatic heterocycles. The van der Waals surface area contributed by atoms with Gasteiger partial charge < -0.3 is 19.7 Å². The van der Waals surface area contributed by atoms with E-state index in [1.54, 1.807) is 14.2 Å². The first-order valence-corrected chi connectivity index (χ1v) is 5.17. The smallest absolute Gasteiger partial charge is 0.171 e. The summed E-state index contributed by atoms with van der Waals surface area (Å²) in [7, 11) is 5.50. The number of methoxy groups -OCH3 is 2. The summed E-state index contributed by atoms with van der Waals surface area (Å²) in [4.78, 5) is 2.33. The number of nitrogens with zero attached hydrogens (tertiary/aromatic N) is 1. The summed E-state index contributed by atoms with van der Waals surface area (Å²) >= 11 is 0. The Bertz CT molecular complexity index is 162. The molecule has 0 aromatic carbocycles. The minimum absolute atomic E-state index is 0.152. The van der Waals surface area contributed by atoms with Gasteiger partial charge in [-0.3, -0.25) is 0 Å². The zero-order valence-corrected chi connectivity index (χ0v) is 9.62. The molecule has 1 fully saturated rings. The summed E-state index contributed by atoms with van der Waals surface area (Å²) in [6.45, 7) is 4.38. The van der Waals surface area contributed by atoms with E-state index in [1.165, 1.54) is 13.0 Å². The van der Waals surface area contributed by atoms with Crippen LogP contribution in [0.1, 0.15) is 13.3 Å². The van der Waals surface area contributed by atoms with Crippen molar-refractivity contribution in [2.24, 2.45) is 0 Å². The Kier molecular flexibility index (Phi) is 4.81. The molecular weight excluding hydrogens is 180 g/mol. The van der Waals surface area contributed by atoms with Crippen molar-refractivity contribution in [1.82, 2.24) is 10.2 Å². The molecule has 0 saturated carbocycles. The van der Waals surface area contributed by atoms with Crippen molar-refractivity contribution in [1.29, 1.82) is 0 Å². The lowest BCUT2D eigenvalue weighted by Gasteiger charge is -2.25. The summed E-state index contributed by atoms with van der Waals surface area (Å²) in [5.74, 6) is 0. The van der Waals surface area contributed by atoms with Crippen molar-refractivity contribution in [2.75, 3.05) is 34.4 Å². The van der Waals surface area contributed by atoms with Gasteiger partial charge in [0.05, 0.1) is 6.04 Å². The Hall–Kier alpha value is -0.160. The molecule has 84 valence electrons. The average molecular weight is 202 g/mol. The molecule has 0 radical (unpaired) electrons. The van der Waals surface area contributed by atoms with Crippen LogP contribution >= 0.6 is 0 Å². The number of rotatable bonds is 5. The fraction of sp³-hybridized carbons (Fsp3) is 1.00. The van der Waals surface area contributed by atoms with Gasteiger partial charge in [0.1, 0.15) is 0 Å². The van der Waals surface area contributed by atoms with Crippen LogP contribution in [0.3, 0.4) is 0 Å². The van der Waals surface area contributed by atoms with Crippen LogP contribution in [0.4, 0.5) is 0 Å². The summed E-state index contributed by atoms with van der Waals surface area (Å²) in [6, 6.07) is 0.810. The van der Waals surface area contributed by atoms with E-state index < -0.39 is 0 Å². The molecule has 1 N–H and O–H groups in total. The molecular formula is C10H22N2O2. The highest BCUT2D eigenvalue weighted by atomic mass is 16.7. The molecule has 0 aromatic rings. The van der Waals surface area contributed by atoms with E-state index >= 15 is 0 Å². The van der Waals surface area contributed by atoms with Gasteiger partial charge in [-0.15, -0.1) is 0 Å². The van der Waals surface area contributed by atoms with Crippen molar-refractivity contribution in [3.63, 3.8) is 0 Å². The molecule has 14 heavy (non-hydrogen) atoms. The SMILES string of the molecule is COC(OC)C(C)NC1CCN(C)C1. The highest BCUT2D eigenvalue weighted by molar-refractivity contribution is 4.82. The molecule has 4 heteroatoms. The third-order valence-corrected chi connectivity index (χ3v) is 2.76. The predicted octanol–water partition coefficient (Wildman–Crippen LogP) is 0.288. The minimum atomic E-state index is -0.152. The molecule has 0 aliphatic carbocycles. The van der Waals surface area contributed by atoms with Crippen LogP contribution in [0, 0.1) is 0 Å². The molecule has 4 nitrogen and oxygen atoms in total. The maximum Gasteiger partial charge on any atom is 0.171 e. The normalized spacial score (nSPS) is 25.9. The topological polar surface area (TPSA) is 33.7 Å². The summed E-state index contributed by atoms with van der Waals surface area (Å²) in [5, 5.41) is 3.52. The van der Waals surface area contributed by atoms with Crippen LogP contribution in [0.25, 0.3) is 0 Å². The minimum Gasteiger partial charge on any atom is -0.354 e. The van der Waals surface area contributed by atoms with Crippen LogP contribution in [0.15, 0.2) is 0 Å². The zero-order valence-electron chi connectivity index (χ0n) is 9.62. The predicted molar refractivity (Wildman–Crippen MR) is 56.3 cm³/mol. The number of ether oxygens (including phenoxy) is 2. The van der Waals surface area contributed by atoms with Gasteiger partial charge >= 0.3 is 0 Å². The molecule has 2 unspecified atom stereocenters. The number of hydrogen-bond donors (Lipinski definition) is 1. The van der Waals surface area contributed by atoms with E-state index in [2.05, 4.69) is 24.2 Å². The van der Waals surface area contributed by atoms with Crippen LogP contribution in [0.2, 0.25) is 0 Å². The summed E-state index contributed by atoms with van der Waals surface area (Å²) in [5.41, 5.74) is 0. The van der Waals surface area contributed by atoms with Gasteiger partial charge in [-0.1, -0.05) is 0 Å². The third-order valence-electron chi connectivity index (χ3n) is 2.76. The fourth-order valence-electron chi connectivity index (χ4n) is 2.03. The Morgan fingerprint density at radius 2 is 2.00 bits per heavy atom. The largest absolute Gasteiger partial charge is 0.354 e. The lowest BCUT2D eigenvalue weighted by Crippen LogP contribution is -2.45. The molecule has 0 bridgehead atoms. The van der Waals surface area contributed by atoms with Crippen LogP contribution in [0.5, 0.6) is 0 Å².